The van der Waals surface area contributed by atoms with E-state index in [1.54, 1.807) is 9.80 Å². The van der Waals surface area contributed by atoms with Crippen molar-refractivity contribution in [3.63, 3.8) is 0 Å². The Hall–Kier alpha value is -1.77. The molecular weight excluding hydrogens is 267 g/mol. The number of piperazine rings is 1. The molecule has 1 saturated heterocycles. The Morgan fingerprint density at radius 3 is 1.76 bits per heavy atom. The van der Waals surface area contributed by atoms with Crippen molar-refractivity contribution in [2.24, 2.45) is 0 Å². The van der Waals surface area contributed by atoms with Gasteiger partial charge in [0, 0.05) is 38.7 Å². The number of benzene rings is 1. The van der Waals surface area contributed by atoms with Crippen molar-refractivity contribution >= 4 is 36.6 Å². The Kier molecular flexibility index (Phi) is 6.00. The monoisotopic (exact) mass is 284 g/mol. The van der Waals surface area contributed by atoms with Crippen LogP contribution in [0.3, 0.4) is 0 Å². The second-order valence-corrected chi connectivity index (χ2v) is 4.68. The van der Waals surface area contributed by atoms with Crippen LogP contribution in [0.25, 0.3) is 0 Å². The summed E-state index contributed by atoms with van der Waals surface area (Å²) >= 11 is 0. The van der Waals surface area contributed by atoms with E-state index in [0.29, 0.717) is 31.7 Å². The Bertz CT molecular complexity index is 536. The first-order valence-electron chi connectivity index (χ1n) is 6.37. The van der Waals surface area contributed by atoms with E-state index < -0.39 is 5.97 Å². The van der Waals surface area contributed by atoms with E-state index in [1.807, 2.05) is 0 Å². The number of carbonyl (C=O) groups excluding carboxylic acids is 2. The zero-order valence-corrected chi connectivity index (χ0v) is 11.2. The molecule has 21 heavy (non-hydrogen) atoms. The Labute approximate surface area is 134 Å². The van der Waals surface area contributed by atoms with Crippen molar-refractivity contribution in [2.45, 2.75) is 6.92 Å². The van der Waals surface area contributed by atoms with Gasteiger partial charge in [-0.05, 0) is 24.3 Å². The summed E-state index contributed by atoms with van der Waals surface area (Å²) in [6.07, 6.45) is 0. The third-order valence-corrected chi connectivity index (χ3v) is 3.39. The van der Waals surface area contributed by atoms with E-state index in [1.165, 1.54) is 31.2 Å². The molecule has 0 unspecified atom stereocenters. The van der Waals surface area contributed by atoms with Crippen molar-refractivity contribution < 1.29 is 19.5 Å². The summed E-state index contributed by atoms with van der Waals surface area (Å²) in [5.41, 5.74) is 0.620. The minimum absolute atomic E-state index is 0. The number of carboxylic acids is 1. The van der Waals surface area contributed by atoms with Gasteiger partial charge in [0.2, 0.25) is 5.91 Å². The van der Waals surface area contributed by atoms with E-state index >= 15 is 0 Å². The van der Waals surface area contributed by atoms with E-state index in [-0.39, 0.29) is 36.2 Å². The Morgan fingerprint density at radius 2 is 1.33 bits per heavy atom. The number of rotatable bonds is 2. The number of carboxylic acid groups (broad SMARTS) is 1. The van der Waals surface area contributed by atoms with Gasteiger partial charge in [-0.15, -0.1) is 0 Å². The van der Waals surface area contributed by atoms with Crippen molar-refractivity contribution in [3.8, 4) is 0 Å². The van der Waals surface area contributed by atoms with Crippen LogP contribution in [0, 0.1) is 0 Å². The molecule has 2 amide bonds. The molecule has 1 heterocycles. The molecule has 0 radical (unpaired) electrons. The normalized spacial score (nSPS) is 14.3. The maximum absolute atomic E-state index is 12.2. The minimum atomic E-state index is -1.01. The van der Waals surface area contributed by atoms with Crippen LogP contribution >= 0.6 is 0 Å². The molecule has 1 aromatic rings. The van der Waals surface area contributed by atoms with Crippen LogP contribution in [0.4, 0.5) is 0 Å². The summed E-state index contributed by atoms with van der Waals surface area (Å²) in [6.45, 7) is 3.59. The fourth-order valence-corrected chi connectivity index (χ4v) is 2.16. The Balaban J connectivity index is 0.00000220. The second-order valence-electron chi connectivity index (χ2n) is 4.68. The van der Waals surface area contributed by atoms with E-state index in [4.69, 9.17) is 5.11 Å². The summed E-state index contributed by atoms with van der Waals surface area (Å²) in [7, 11) is 0. The Morgan fingerprint density at radius 1 is 0.905 bits per heavy atom. The number of aromatic carboxylic acids is 1. The molecule has 0 bridgehead atoms. The molecule has 7 heteroatoms. The van der Waals surface area contributed by atoms with Crippen molar-refractivity contribution in [1.29, 1.82) is 0 Å². The van der Waals surface area contributed by atoms with E-state index in [2.05, 4.69) is 0 Å². The van der Waals surface area contributed by atoms with Gasteiger partial charge in [0.1, 0.15) is 0 Å². The zero-order valence-electron chi connectivity index (χ0n) is 11.2. The number of amides is 2. The van der Waals surface area contributed by atoms with Gasteiger partial charge in [0.25, 0.3) is 5.91 Å². The van der Waals surface area contributed by atoms with Crippen LogP contribution in [0.2, 0.25) is 0 Å². The van der Waals surface area contributed by atoms with Gasteiger partial charge < -0.3 is 14.9 Å². The van der Waals surface area contributed by atoms with Crippen molar-refractivity contribution in [2.75, 3.05) is 26.2 Å². The van der Waals surface area contributed by atoms with Crippen LogP contribution in [-0.2, 0) is 4.79 Å². The summed E-state index contributed by atoms with van der Waals surface area (Å²) in [5, 5.41) is 8.81. The molecule has 1 N–H and O–H groups in total. The molecule has 1 aromatic carbocycles. The third-order valence-electron chi connectivity index (χ3n) is 3.39. The number of hydrogen-bond acceptors (Lipinski definition) is 3. The fourth-order valence-electron chi connectivity index (χ4n) is 2.16. The van der Waals surface area contributed by atoms with Gasteiger partial charge in [-0.3, -0.25) is 9.59 Å². The van der Waals surface area contributed by atoms with Crippen LogP contribution < -0.4 is 0 Å². The first kappa shape index (κ1) is 17.3. The predicted molar refractivity (Wildman–Crippen MR) is 78.7 cm³/mol. The number of nitrogens with zero attached hydrogens (tertiary/aromatic N) is 2. The fraction of sp³-hybridized carbons (Fsp3) is 0.357. The van der Waals surface area contributed by atoms with Crippen LogP contribution in [0.15, 0.2) is 24.3 Å². The molecule has 2 rings (SSSR count). The van der Waals surface area contributed by atoms with Gasteiger partial charge in [-0.25, -0.2) is 4.79 Å². The topological polar surface area (TPSA) is 77.9 Å². The molecule has 0 saturated carbocycles. The average Bonchev–Trinajstić information content (AvgIpc) is 2.46. The molecule has 0 spiro atoms. The zero-order chi connectivity index (χ0) is 14.7. The van der Waals surface area contributed by atoms with Gasteiger partial charge >= 0.3 is 24.8 Å². The summed E-state index contributed by atoms with van der Waals surface area (Å²) in [4.78, 5) is 37.6. The summed E-state index contributed by atoms with van der Waals surface area (Å²) < 4.78 is 0. The average molecular weight is 284 g/mol. The second kappa shape index (κ2) is 7.30. The summed E-state index contributed by atoms with van der Waals surface area (Å²) in [5.74, 6) is -1.13. The standard InChI is InChI=1S/C14H16N2O4.Li.H/c1-10(17)15-6-8-16(9-7-15)13(18)11-2-4-12(5-3-11)14(19)20;;/h2-5H,6-9H2,1H3,(H,19,20);;. The molecule has 6 nitrogen and oxygen atoms in total. The molecule has 0 atom stereocenters. The molecule has 1 fully saturated rings. The van der Waals surface area contributed by atoms with Crippen molar-refractivity contribution in [3.05, 3.63) is 35.4 Å². The molecule has 1 aliphatic heterocycles. The van der Waals surface area contributed by atoms with Gasteiger partial charge in [-0.2, -0.15) is 0 Å². The quantitative estimate of drug-likeness (QED) is 0.778. The first-order chi connectivity index (χ1) is 9.49. The number of carbonyl (C=O) groups is 3. The van der Waals surface area contributed by atoms with Crippen LogP contribution in [0.1, 0.15) is 27.6 Å². The molecule has 0 aliphatic carbocycles. The predicted octanol–water partition coefficient (Wildman–Crippen LogP) is 0.0406. The first-order valence-corrected chi connectivity index (χ1v) is 6.37. The third kappa shape index (κ3) is 4.10. The molecule has 0 aromatic heterocycles. The maximum atomic E-state index is 12.2. The molecule has 108 valence electrons. The van der Waals surface area contributed by atoms with E-state index in [9.17, 15) is 14.4 Å². The number of hydrogen-bond donors (Lipinski definition) is 1. The van der Waals surface area contributed by atoms with Gasteiger partial charge in [0.15, 0.2) is 0 Å². The van der Waals surface area contributed by atoms with Gasteiger partial charge in [0.05, 0.1) is 5.56 Å². The molecule has 1 aliphatic rings. The SMILES string of the molecule is CC(=O)N1CCN(C(=O)c2ccc(C(=O)O)cc2)CC1.[LiH]. The van der Waals surface area contributed by atoms with Crippen LogP contribution in [0.5, 0.6) is 0 Å². The van der Waals surface area contributed by atoms with E-state index in [0.717, 1.165) is 0 Å². The van der Waals surface area contributed by atoms with Crippen LogP contribution in [-0.4, -0.2) is 77.7 Å². The van der Waals surface area contributed by atoms with Crippen molar-refractivity contribution in [1.82, 2.24) is 9.80 Å². The summed E-state index contributed by atoms with van der Waals surface area (Å²) in [6, 6.07) is 5.87. The molecular formula is C14H17LiN2O4. The van der Waals surface area contributed by atoms with Gasteiger partial charge in [-0.1, -0.05) is 0 Å².